The Bertz CT molecular complexity index is 992. The van der Waals surface area contributed by atoms with Crippen molar-refractivity contribution in [1.29, 1.82) is 0 Å². The van der Waals surface area contributed by atoms with Gasteiger partial charge in [0.25, 0.3) is 5.50 Å². The molecule has 0 aromatic heterocycles. The number of carbonyl (C=O) groups excluding carboxylic acids is 1. The Morgan fingerprint density at radius 2 is 1.69 bits per heavy atom. The van der Waals surface area contributed by atoms with Crippen molar-refractivity contribution < 1.29 is 47.9 Å². The van der Waals surface area contributed by atoms with Gasteiger partial charge in [0, 0.05) is 6.26 Å². The van der Waals surface area contributed by atoms with E-state index in [9.17, 15) is 34.4 Å². The third kappa shape index (κ3) is 5.07. The molecule has 0 radical (unpaired) electrons. The van der Waals surface area contributed by atoms with Crippen molar-refractivity contribution in [3.63, 3.8) is 0 Å². The van der Waals surface area contributed by atoms with E-state index < -0.39 is 59.5 Å². The van der Waals surface area contributed by atoms with Gasteiger partial charge in [-0.25, -0.2) is 21.2 Å². The molecule has 4 aliphatic rings. The summed E-state index contributed by atoms with van der Waals surface area (Å²) in [7, 11) is -14.0. The van der Waals surface area contributed by atoms with Crippen LogP contribution in [0.4, 0.5) is 4.39 Å². The van der Waals surface area contributed by atoms with E-state index in [-0.39, 0.29) is 31.1 Å². The number of halogens is 1. The van der Waals surface area contributed by atoms with E-state index in [2.05, 4.69) is 4.13 Å². The Hall–Kier alpha value is -0.870. The van der Waals surface area contributed by atoms with Gasteiger partial charge in [-0.1, -0.05) is 0 Å². The van der Waals surface area contributed by atoms with Gasteiger partial charge in [0.15, 0.2) is 0 Å². The second kappa shape index (κ2) is 7.09. The fraction of sp³-hybridized carbons (Fsp3) is 0.929. The summed E-state index contributed by atoms with van der Waals surface area (Å²) in [5.41, 5.74) is -5.34. The number of carbonyl (C=O) groups is 1. The Morgan fingerprint density at radius 3 is 2.17 bits per heavy atom. The van der Waals surface area contributed by atoms with E-state index >= 15 is 0 Å². The van der Waals surface area contributed by atoms with Crippen molar-refractivity contribution >= 4 is 36.4 Å². The van der Waals surface area contributed by atoms with Crippen LogP contribution in [0.1, 0.15) is 38.5 Å². The summed E-state index contributed by atoms with van der Waals surface area (Å²) in [6, 6.07) is 0. The van der Waals surface area contributed by atoms with E-state index in [0.29, 0.717) is 19.1 Å². The van der Waals surface area contributed by atoms with Gasteiger partial charge in [-0.05, 0) is 50.4 Å². The maximum atomic E-state index is 13.4. The molecule has 4 fully saturated rings. The first kappa shape index (κ1) is 22.8. The molecule has 29 heavy (non-hydrogen) atoms. The van der Waals surface area contributed by atoms with Crippen LogP contribution in [0.2, 0.25) is 0 Å². The van der Waals surface area contributed by atoms with Crippen molar-refractivity contribution in [2.24, 2.45) is 17.3 Å². The highest BCUT2D eigenvalue weighted by Gasteiger charge is 2.63. The summed E-state index contributed by atoms with van der Waals surface area (Å²) in [6.45, 7) is -1.19. The average molecular weight is 479 g/mol. The lowest BCUT2D eigenvalue weighted by Gasteiger charge is -2.60. The van der Waals surface area contributed by atoms with Crippen LogP contribution in [0.25, 0.3) is 4.13 Å². The van der Waals surface area contributed by atoms with E-state index in [1.165, 1.54) is 0 Å². The average Bonchev–Trinajstić information content (AvgIpc) is 2.45. The molecule has 0 spiro atoms. The standard InChI is InChI=1S/C14H21FNO10S3/c1-27(18,19)16-29(23,24)26-14-5-9-2-10(6-14)4-13(3-9,8-14)12(17)25-7-11(15)28(20,21)22/h9-11H,2-8H2,1H3,(H,20,21,22)/q-1. The highest BCUT2D eigenvalue weighted by Crippen LogP contribution is 2.63. The SMILES string of the molecule is CS(=O)(=O)[N-]S(=O)(=O)OC12CC3CC(C1)CC(C(=O)OCC(F)S(=O)(=O)O)(C3)C2. The monoisotopic (exact) mass is 478 g/mol. The van der Waals surface area contributed by atoms with Crippen molar-refractivity contribution in [2.45, 2.75) is 49.6 Å². The number of nitrogens with zero attached hydrogens (tertiary/aromatic N) is 1. The smallest absolute Gasteiger partial charge is 0.312 e. The number of hydrogen-bond acceptors (Lipinski definition) is 9. The molecular weight excluding hydrogens is 457 g/mol. The van der Waals surface area contributed by atoms with Gasteiger partial charge in [-0.3, -0.25) is 13.5 Å². The molecule has 0 aromatic carbocycles. The summed E-state index contributed by atoms with van der Waals surface area (Å²) in [5, 5.41) is 0. The summed E-state index contributed by atoms with van der Waals surface area (Å²) >= 11 is 0. The Morgan fingerprint density at radius 1 is 1.14 bits per heavy atom. The Balaban J connectivity index is 1.79. The predicted molar refractivity (Wildman–Crippen MR) is 95.5 cm³/mol. The third-order valence-electron chi connectivity index (χ3n) is 5.62. The third-order valence-corrected chi connectivity index (χ3v) is 8.78. The highest BCUT2D eigenvalue weighted by atomic mass is 32.3. The predicted octanol–water partition coefficient (Wildman–Crippen LogP) is 0.647. The molecular formula is C14H21FNO10S3-. The first-order valence-corrected chi connectivity index (χ1v) is 13.4. The van der Waals surface area contributed by atoms with Gasteiger partial charge in [0.2, 0.25) is 10.3 Å². The lowest BCUT2D eigenvalue weighted by atomic mass is 9.48. The van der Waals surface area contributed by atoms with Gasteiger partial charge >= 0.3 is 16.1 Å². The molecule has 4 saturated carbocycles. The molecule has 0 aliphatic heterocycles. The van der Waals surface area contributed by atoms with Gasteiger partial charge in [-0.15, -0.1) is 0 Å². The van der Waals surface area contributed by atoms with Crippen molar-refractivity contribution in [3.05, 3.63) is 4.13 Å². The Kier molecular flexibility index (Phi) is 5.57. The molecule has 0 aromatic rings. The van der Waals surface area contributed by atoms with Crippen LogP contribution < -0.4 is 0 Å². The quantitative estimate of drug-likeness (QED) is 0.385. The zero-order valence-electron chi connectivity index (χ0n) is 15.4. The van der Waals surface area contributed by atoms with Crippen LogP contribution in [0, 0.1) is 17.3 Å². The molecule has 0 heterocycles. The summed E-state index contributed by atoms with van der Waals surface area (Å²) in [4.78, 5) is 12.7. The van der Waals surface area contributed by atoms with Crippen LogP contribution in [0.15, 0.2) is 0 Å². The molecule has 15 heteroatoms. The summed E-state index contributed by atoms with van der Waals surface area (Å²) < 4.78 is 103. The first-order chi connectivity index (χ1) is 13.0. The van der Waals surface area contributed by atoms with Crippen LogP contribution in [-0.4, -0.2) is 59.7 Å². The maximum Gasteiger partial charge on any atom is 0.312 e. The van der Waals surface area contributed by atoms with Crippen LogP contribution in [0.3, 0.4) is 0 Å². The molecule has 0 amide bonds. The molecule has 3 unspecified atom stereocenters. The second-order valence-electron chi connectivity index (χ2n) is 8.27. The number of alkyl halides is 1. The number of esters is 1. The van der Waals surface area contributed by atoms with Crippen molar-refractivity contribution in [1.82, 2.24) is 0 Å². The van der Waals surface area contributed by atoms with Crippen molar-refractivity contribution in [2.75, 3.05) is 12.9 Å². The topological polar surface area (TPSA) is 172 Å². The van der Waals surface area contributed by atoms with Gasteiger partial charge in [0.05, 0.1) is 21.0 Å². The molecule has 1 N–H and O–H groups in total. The zero-order valence-corrected chi connectivity index (χ0v) is 17.8. The molecule has 0 saturated heterocycles. The van der Waals surface area contributed by atoms with E-state index in [1.807, 2.05) is 0 Å². The van der Waals surface area contributed by atoms with Crippen LogP contribution in [-0.2, 0) is 44.2 Å². The number of ether oxygens (including phenoxy) is 1. The fourth-order valence-electron chi connectivity index (χ4n) is 5.30. The van der Waals surface area contributed by atoms with Crippen LogP contribution in [0.5, 0.6) is 0 Å². The largest absolute Gasteiger partial charge is 0.461 e. The summed E-state index contributed by atoms with van der Waals surface area (Å²) in [6.07, 6.45) is 2.46. The molecule has 4 aliphatic carbocycles. The minimum absolute atomic E-state index is 0.0972. The number of hydrogen-bond donors (Lipinski definition) is 1. The number of rotatable bonds is 8. The molecule has 11 nitrogen and oxygen atoms in total. The lowest BCUT2D eigenvalue weighted by molar-refractivity contribution is -0.190. The summed E-state index contributed by atoms with van der Waals surface area (Å²) in [5.74, 6) is -1.09. The molecule has 168 valence electrons. The molecule has 4 rings (SSSR count). The van der Waals surface area contributed by atoms with E-state index in [4.69, 9.17) is 13.5 Å². The zero-order chi connectivity index (χ0) is 21.9. The maximum absolute atomic E-state index is 13.4. The van der Waals surface area contributed by atoms with Crippen LogP contribution >= 0.6 is 0 Å². The first-order valence-electron chi connectivity index (χ1n) is 8.71. The van der Waals surface area contributed by atoms with E-state index in [1.54, 1.807) is 0 Å². The minimum atomic E-state index is -5.03. The number of sulfonamides is 1. The fourth-order valence-corrected chi connectivity index (χ4v) is 7.63. The lowest BCUT2D eigenvalue weighted by Crippen LogP contribution is -2.60. The van der Waals surface area contributed by atoms with Crippen molar-refractivity contribution in [3.8, 4) is 0 Å². The Labute approximate surface area is 168 Å². The molecule has 4 bridgehead atoms. The molecule has 3 atom stereocenters. The van der Waals surface area contributed by atoms with Gasteiger partial charge in [-0.2, -0.15) is 8.42 Å². The van der Waals surface area contributed by atoms with Gasteiger partial charge in [0.1, 0.15) is 6.61 Å². The normalized spacial score (nSPS) is 35.4. The highest BCUT2D eigenvalue weighted by molar-refractivity contribution is 8.09. The second-order valence-corrected chi connectivity index (χ2v) is 12.9. The minimum Gasteiger partial charge on any atom is -0.461 e. The van der Waals surface area contributed by atoms with E-state index in [0.717, 1.165) is 6.42 Å². The van der Waals surface area contributed by atoms with Gasteiger partial charge < -0.3 is 8.86 Å².